The second kappa shape index (κ2) is 17.4. The summed E-state index contributed by atoms with van der Waals surface area (Å²) in [6.07, 6.45) is 9.77. The van der Waals surface area contributed by atoms with Gasteiger partial charge in [-0.15, -0.1) is 0 Å². The minimum absolute atomic E-state index is 0.00902. The lowest BCUT2D eigenvalue weighted by molar-refractivity contribution is -0.645. The van der Waals surface area contributed by atoms with Crippen molar-refractivity contribution >= 4 is 59.7 Å². The van der Waals surface area contributed by atoms with Gasteiger partial charge in [-0.25, -0.2) is 25.9 Å². The predicted octanol–water partition coefficient (Wildman–Crippen LogP) is 6.88. The van der Waals surface area contributed by atoms with E-state index >= 15 is 4.79 Å². The molecule has 4 saturated carbocycles. The van der Waals surface area contributed by atoms with Gasteiger partial charge in [0.1, 0.15) is 6.61 Å². The standard InChI is InChI=1S/C51H61N3O10S2/c1-33-15-18-37(19-16-33)66(62,63)54(48(57)47-38-10-4-6-12-43(38)53(27-9-29-65(59,60)61)44-13-7-5-11-39(44)47)28-8-14-45(55)52-36-21-24-49(2)35(31-36)17-20-42-41(49)22-25-50(3)40(23-26-51(42,50)58)34-30-46(56)64-32-34/h4-7,10-13,15-16,18-19,30,35-36,40-42,58H,8-9,14,17,20-29,31-32H2,1-3H3,(H-,52,55,59,60,61)/t35-,36+,40-,41+,42-,49+,50-,51+/m1/s1. The molecular formula is C51H61N3O10S2. The summed E-state index contributed by atoms with van der Waals surface area (Å²) < 4.78 is 71.7. The van der Waals surface area contributed by atoms with Crippen LogP contribution in [-0.4, -0.2) is 79.1 Å². The molecule has 3 aromatic carbocycles. The Hall–Kier alpha value is -4.70. The zero-order chi connectivity index (χ0) is 46.8. The van der Waals surface area contributed by atoms with E-state index in [0.29, 0.717) is 40.2 Å². The number of esters is 1. The minimum atomic E-state index is -4.46. The highest BCUT2D eigenvalue weighted by Crippen LogP contribution is 2.70. The molecular weight excluding hydrogens is 879 g/mol. The maximum absolute atomic E-state index is 15.0. The van der Waals surface area contributed by atoms with Gasteiger partial charge in [0.25, 0.3) is 15.9 Å². The molecule has 15 heteroatoms. The van der Waals surface area contributed by atoms with Crippen molar-refractivity contribution in [3.63, 3.8) is 0 Å². The summed E-state index contributed by atoms with van der Waals surface area (Å²) in [7, 11) is -8.88. The lowest BCUT2D eigenvalue weighted by atomic mass is 9.43. The molecule has 8 atom stereocenters. The number of amides is 2. The molecule has 2 amide bonds. The van der Waals surface area contributed by atoms with Crippen molar-refractivity contribution in [2.24, 2.45) is 34.5 Å². The summed E-state index contributed by atoms with van der Waals surface area (Å²) in [5.41, 5.74) is 2.10. The zero-order valence-corrected chi connectivity index (χ0v) is 39.7. The summed E-state index contributed by atoms with van der Waals surface area (Å²) in [4.78, 5) is 40.8. The Bertz CT molecular complexity index is 2790. The fourth-order valence-corrected chi connectivity index (χ4v) is 15.4. The average Bonchev–Trinajstić information content (AvgIpc) is 3.83. The van der Waals surface area contributed by atoms with Crippen molar-refractivity contribution in [3.8, 4) is 0 Å². The van der Waals surface area contributed by atoms with Crippen LogP contribution in [0.25, 0.3) is 21.8 Å². The number of ether oxygens (including phenoxy) is 1. The second-order valence-electron chi connectivity index (χ2n) is 20.3. The minimum Gasteiger partial charge on any atom is -0.748 e. The molecule has 13 nitrogen and oxygen atoms in total. The molecule has 0 spiro atoms. The number of fused-ring (bicyclic) bond motifs is 7. The molecule has 5 aliphatic rings. The number of nitrogens with zero attached hydrogens (tertiary/aromatic N) is 2. The summed E-state index contributed by atoms with van der Waals surface area (Å²) in [5, 5.41) is 16.8. The summed E-state index contributed by atoms with van der Waals surface area (Å²) in [5.74, 6) is -0.723. The van der Waals surface area contributed by atoms with Gasteiger partial charge in [0, 0.05) is 54.8 Å². The Morgan fingerprint density at radius 3 is 2.20 bits per heavy atom. The predicted molar refractivity (Wildman–Crippen MR) is 247 cm³/mol. The molecule has 1 aromatic heterocycles. The molecule has 2 heterocycles. The van der Waals surface area contributed by atoms with E-state index in [-0.39, 0.29) is 83.4 Å². The topological polar surface area (TPSA) is 191 Å². The molecule has 0 bridgehead atoms. The Kier molecular flexibility index (Phi) is 12.3. The third-order valence-electron chi connectivity index (χ3n) is 16.9. The van der Waals surface area contributed by atoms with Crippen molar-refractivity contribution in [3.05, 3.63) is 95.6 Å². The van der Waals surface area contributed by atoms with Gasteiger partial charge in [0.2, 0.25) is 16.9 Å². The zero-order valence-electron chi connectivity index (χ0n) is 38.0. The number of benzene rings is 3. The van der Waals surface area contributed by atoms with E-state index in [1.807, 2.05) is 11.5 Å². The molecule has 0 saturated heterocycles. The van der Waals surface area contributed by atoms with Gasteiger partial charge in [0.05, 0.1) is 37.0 Å². The van der Waals surface area contributed by atoms with Gasteiger partial charge in [-0.3, -0.25) is 9.59 Å². The number of rotatable bonds is 13. The summed E-state index contributed by atoms with van der Waals surface area (Å²) in [6.45, 7) is 6.72. The smallest absolute Gasteiger partial charge is 0.331 e. The van der Waals surface area contributed by atoms with Crippen LogP contribution in [-0.2, 0) is 41.0 Å². The molecule has 1 aliphatic heterocycles. The molecule has 66 heavy (non-hydrogen) atoms. The summed E-state index contributed by atoms with van der Waals surface area (Å²) >= 11 is 0. The van der Waals surface area contributed by atoms with Crippen LogP contribution in [0.1, 0.15) is 107 Å². The highest BCUT2D eigenvalue weighted by molar-refractivity contribution is 7.89. The van der Waals surface area contributed by atoms with Crippen LogP contribution >= 0.6 is 0 Å². The van der Waals surface area contributed by atoms with Crippen molar-refractivity contribution < 1.29 is 50.2 Å². The van der Waals surface area contributed by atoms with Gasteiger partial charge in [-0.2, -0.15) is 4.57 Å². The summed E-state index contributed by atoms with van der Waals surface area (Å²) in [6, 6.07) is 20.3. The van der Waals surface area contributed by atoms with Crippen LogP contribution < -0.4 is 9.88 Å². The van der Waals surface area contributed by atoms with Crippen LogP contribution in [0.15, 0.2) is 89.3 Å². The number of aryl methyl sites for hydroxylation is 2. The highest BCUT2D eigenvalue weighted by atomic mass is 32.2. The van der Waals surface area contributed by atoms with Crippen molar-refractivity contribution in [2.45, 2.75) is 121 Å². The van der Waals surface area contributed by atoms with E-state index in [2.05, 4.69) is 19.2 Å². The fourth-order valence-electron chi connectivity index (χ4n) is 13.5. The Balaban J connectivity index is 0.907. The molecule has 4 aromatic rings. The lowest BCUT2D eigenvalue weighted by Gasteiger charge is -2.64. The first-order valence-corrected chi connectivity index (χ1v) is 26.7. The van der Waals surface area contributed by atoms with Crippen molar-refractivity contribution in [1.29, 1.82) is 0 Å². The first-order valence-electron chi connectivity index (χ1n) is 23.6. The maximum Gasteiger partial charge on any atom is 0.331 e. The Labute approximate surface area is 387 Å². The number of carbonyl (C=O) groups is 3. The van der Waals surface area contributed by atoms with E-state index in [1.54, 1.807) is 66.7 Å². The van der Waals surface area contributed by atoms with E-state index in [1.165, 1.54) is 12.1 Å². The SMILES string of the molecule is Cc1ccc(S(=O)(=O)N(CCCC(=O)N[C@H]2CC[C@@]3(C)[C@H](CC[C@@H]4[C@@H]3CC[C@]3(C)[C@@H](C5=CC(=O)OC5)CC[C@]43O)C2)C(=O)c2c3ccccc3[n+](CCCS(=O)(=O)[O-])c3ccccc23)cc1. The van der Waals surface area contributed by atoms with Crippen LogP contribution in [0.2, 0.25) is 0 Å². The lowest BCUT2D eigenvalue weighted by Crippen LogP contribution is -2.62. The van der Waals surface area contributed by atoms with E-state index < -0.39 is 37.4 Å². The van der Waals surface area contributed by atoms with Gasteiger partial charge < -0.3 is 19.7 Å². The number of hydrogen-bond acceptors (Lipinski definition) is 10. The third kappa shape index (κ3) is 8.15. The van der Waals surface area contributed by atoms with Gasteiger partial charge in [-0.1, -0.05) is 55.8 Å². The van der Waals surface area contributed by atoms with Gasteiger partial charge >= 0.3 is 5.97 Å². The van der Waals surface area contributed by atoms with E-state index in [0.717, 1.165) is 73.2 Å². The van der Waals surface area contributed by atoms with Crippen molar-refractivity contribution in [2.75, 3.05) is 18.9 Å². The number of sulfonamides is 1. The number of aliphatic hydroxyl groups is 1. The van der Waals surface area contributed by atoms with Crippen LogP contribution in [0, 0.1) is 41.4 Å². The number of carbonyl (C=O) groups excluding carboxylic acids is 3. The fraction of sp³-hybridized carbons (Fsp3) is 0.529. The molecule has 4 aliphatic carbocycles. The van der Waals surface area contributed by atoms with Gasteiger partial charge in [-0.05, 0) is 130 Å². The monoisotopic (exact) mass is 939 g/mol. The number of cyclic esters (lactones) is 1. The Morgan fingerprint density at radius 1 is 0.864 bits per heavy atom. The van der Waals surface area contributed by atoms with Crippen LogP contribution in [0.3, 0.4) is 0 Å². The van der Waals surface area contributed by atoms with Crippen molar-refractivity contribution in [1.82, 2.24) is 9.62 Å². The molecule has 4 fully saturated rings. The quantitative estimate of drug-likeness (QED) is 0.0619. The first-order chi connectivity index (χ1) is 31.3. The van der Waals surface area contributed by atoms with E-state index in [4.69, 9.17) is 4.74 Å². The maximum atomic E-state index is 15.0. The first kappa shape index (κ1) is 46.4. The average molecular weight is 940 g/mol. The largest absolute Gasteiger partial charge is 0.748 e. The number of hydrogen-bond donors (Lipinski definition) is 2. The number of nitrogens with one attached hydrogen (secondary N) is 1. The normalized spacial score (nSPS) is 29.7. The van der Waals surface area contributed by atoms with E-state index in [9.17, 15) is 36.1 Å². The number of pyridine rings is 1. The van der Waals surface area contributed by atoms with Gasteiger partial charge in [0.15, 0.2) is 6.54 Å². The highest BCUT2D eigenvalue weighted by Gasteiger charge is 2.67. The second-order valence-corrected chi connectivity index (χ2v) is 23.7. The number of para-hydroxylation sites is 2. The molecule has 0 radical (unpaired) electrons. The van der Waals surface area contributed by atoms with Crippen LogP contribution in [0.5, 0.6) is 0 Å². The molecule has 0 unspecified atom stereocenters. The number of aromatic nitrogens is 1. The Morgan fingerprint density at radius 2 is 1.55 bits per heavy atom. The molecule has 9 rings (SSSR count). The molecule has 352 valence electrons. The molecule has 2 N–H and O–H groups in total. The van der Waals surface area contributed by atoms with Crippen LogP contribution in [0.4, 0.5) is 0 Å². The third-order valence-corrected chi connectivity index (χ3v) is 19.5.